The maximum atomic E-state index is 10.8. The lowest BCUT2D eigenvalue weighted by Crippen LogP contribution is -2.06. The third-order valence-electron chi connectivity index (χ3n) is 2.42. The molecule has 0 bridgehead atoms. The molecule has 2 aromatic rings. The van der Waals surface area contributed by atoms with Crippen LogP contribution in [0.5, 0.6) is 0 Å². The van der Waals surface area contributed by atoms with Gasteiger partial charge in [-0.05, 0) is 40.5 Å². The number of hydrogen-bond acceptors (Lipinski definition) is 2. The van der Waals surface area contributed by atoms with Crippen LogP contribution in [0.1, 0.15) is 18.4 Å². The number of halogens is 1. The summed E-state index contributed by atoms with van der Waals surface area (Å²) in [5, 5.41) is 9.80. The lowest BCUT2D eigenvalue weighted by molar-refractivity contribution is -0.138. The van der Waals surface area contributed by atoms with E-state index in [4.69, 9.17) is 9.52 Å². The topological polar surface area (TPSA) is 50.4 Å². The van der Waals surface area contributed by atoms with E-state index in [1.54, 1.807) is 25.3 Å². The summed E-state index contributed by atoms with van der Waals surface area (Å²) in [6.45, 7) is 1.66. The largest absolute Gasteiger partial charge is 0.481 e. The molecule has 2 rings (SSSR count). The van der Waals surface area contributed by atoms with Crippen LogP contribution in [0, 0.1) is 0 Å². The van der Waals surface area contributed by atoms with Gasteiger partial charge in [-0.1, -0.05) is 6.07 Å². The number of fused-ring (bicyclic) bond motifs is 1. The Morgan fingerprint density at radius 1 is 1.53 bits per heavy atom. The van der Waals surface area contributed by atoms with Crippen LogP contribution >= 0.6 is 15.9 Å². The van der Waals surface area contributed by atoms with Crippen molar-refractivity contribution >= 4 is 32.9 Å². The lowest BCUT2D eigenvalue weighted by atomic mass is 10.0. The second-order valence-corrected chi connectivity index (χ2v) is 4.25. The zero-order valence-electron chi connectivity index (χ0n) is 8.03. The van der Waals surface area contributed by atoms with Crippen LogP contribution in [0.15, 0.2) is 33.4 Å². The average Bonchev–Trinajstić information content (AvgIpc) is 2.59. The molecule has 4 heteroatoms. The van der Waals surface area contributed by atoms with Crippen molar-refractivity contribution in [1.82, 2.24) is 0 Å². The van der Waals surface area contributed by atoms with Crippen molar-refractivity contribution in [3.05, 3.63) is 34.5 Å². The second kappa shape index (κ2) is 3.70. The molecule has 0 saturated heterocycles. The summed E-state index contributed by atoms with van der Waals surface area (Å²) in [5.41, 5.74) is 1.53. The van der Waals surface area contributed by atoms with Gasteiger partial charge in [0, 0.05) is 5.39 Å². The molecular formula is C11H9BrO3. The maximum absolute atomic E-state index is 10.8. The van der Waals surface area contributed by atoms with Gasteiger partial charge >= 0.3 is 5.97 Å². The van der Waals surface area contributed by atoms with Crippen molar-refractivity contribution in [2.45, 2.75) is 12.8 Å². The highest BCUT2D eigenvalue weighted by molar-refractivity contribution is 9.10. The van der Waals surface area contributed by atoms with Crippen molar-refractivity contribution in [1.29, 1.82) is 0 Å². The Morgan fingerprint density at radius 3 is 2.93 bits per heavy atom. The fourth-order valence-electron chi connectivity index (χ4n) is 1.43. The minimum absolute atomic E-state index is 0.504. The van der Waals surface area contributed by atoms with E-state index in [0.717, 1.165) is 21.0 Å². The molecule has 0 aliphatic rings. The Hall–Kier alpha value is -1.29. The van der Waals surface area contributed by atoms with Gasteiger partial charge in [-0.25, -0.2) is 0 Å². The predicted octanol–water partition coefficient (Wildman–Crippen LogP) is 3.38. The van der Waals surface area contributed by atoms with Crippen molar-refractivity contribution in [3.8, 4) is 0 Å². The maximum Gasteiger partial charge on any atom is 0.310 e. The molecule has 0 fully saturated rings. The van der Waals surface area contributed by atoms with Gasteiger partial charge in [0.15, 0.2) is 0 Å². The number of furan rings is 1. The van der Waals surface area contributed by atoms with Crippen LogP contribution in [0.25, 0.3) is 11.0 Å². The number of benzene rings is 1. The highest BCUT2D eigenvalue weighted by atomic mass is 79.9. The lowest BCUT2D eigenvalue weighted by Gasteiger charge is -2.05. The highest BCUT2D eigenvalue weighted by Crippen LogP contribution is 2.29. The molecule has 1 N–H and O–H groups in total. The van der Waals surface area contributed by atoms with Crippen LogP contribution < -0.4 is 0 Å². The summed E-state index contributed by atoms with van der Waals surface area (Å²) >= 11 is 3.35. The SMILES string of the molecule is CC(C(=O)O)c1ccc2occ(Br)c2c1. The van der Waals surface area contributed by atoms with E-state index in [0.29, 0.717) is 0 Å². The van der Waals surface area contributed by atoms with Crippen molar-refractivity contribution in [2.75, 3.05) is 0 Å². The van der Waals surface area contributed by atoms with Crippen LogP contribution in [0.2, 0.25) is 0 Å². The summed E-state index contributed by atoms with van der Waals surface area (Å²) in [6.07, 6.45) is 1.60. The molecule has 0 aliphatic heterocycles. The Bertz CT molecular complexity index is 516. The number of carboxylic acid groups (broad SMARTS) is 1. The van der Waals surface area contributed by atoms with Gasteiger partial charge < -0.3 is 9.52 Å². The molecule has 0 spiro atoms. The number of aliphatic carboxylic acids is 1. The normalized spacial score (nSPS) is 12.9. The molecule has 1 unspecified atom stereocenters. The van der Waals surface area contributed by atoms with E-state index >= 15 is 0 Å². The standard InChI is InChI=1S/C11H9BrO3/c1-6(11(13)14)7-2-3-10-8(4-7)9(12)5-15-10/h2-6H,1H3,(H,13,14). The first-order valence-electron chi connectivity index (χ1n) is 4.49. The van der Waals surface area contributed by atoms with E-state index in [2.05, 4.69) is 15.9 Å². The van der Waals surface area contributed by atoms with Crippen molar-refractivity contribution in [2.24, 2.45) is 0 Å². The molecule has 1 heterocycles. The van der Waals surface area contributed by atoms with Gasteiger partial charge in [0.05, 0.1) is 10.4 Å². The van der Waals surface area contributed by atoms with E-state index in [1.165, 1.54) is 0 Å². The van der Waals surface area contributed by atoms with Gasteiger partial charge in [-0.15, -0.1) is 0 Å². The minimum Gasteiger partial charge on any atom is -0.481 e. The van der Waals surface area contributed by atoms with Gasteiger partial charge in [0.2, 0.25) is 0 Å². The third kappa shape index (κ3) is 1.77. The van der Waals surface area contributed by atoms with E-state index in [1.807, 2.05) is 6.07 Å². The number of carbonyl (C=O) groups is 1. The number of carboxylic acids is 1. The Labute approximate surface area is 94.8 Å². The molecule has 1 atom stereocenters. The van der Waals surface area contributed by atoms with Gasteiger partial charge in [-0.3, -0.25) is 4.79 Å². The van der Waals surface area contributed by atoms with Crippen LogP contribution in [0.4, 0.5) is 0 Å². The van der Waals surface area contributed by atoms with E-state index in [9.17, 15) is 4.79 Å². The summed E-state index contributed by atoms with van der Waals surface area (Å²) < 4.78 is 6.09. The molecule has 0 radical (unpaired) electrons. The fourth-order valence-corrected chi connectivity index (χ4v) is 1.83. The molecule has 1 aromatic carbocycles. The summed E-state index contributed by atoms with van der Waals surface area (Å²) in [6, 6.07) is 5.40. The van der Waals surface area contributed by atoms with Gasteiger partial charge in [-0.2, -0.15) is 0 Å². The van der Waals surface area contributed by atoms with Gasteiger partial charge in [0.1, 0.15) is 11.8 Å². The first-order valence-corrected chi connectivity index (χ1v) is 5.28. The molecule has 1 aromatic heterocycles. The van der Waals surface area contributed by atoms with Crippen molar-refractivity contribution in [3.63, 3.8) is 0 Å². The molecule has 0 amide bonds. The summed E-state index contributed by atoms with van der Waals surface area (Å²) in [4.78, 5) is 10.8. The molecule has 0 aliphatic carbocycles. The van der Waals surface area contributed by atoms with E-state index < -0.39 is 11.9 Å². The first kappa shape index (κ1) is 10.2. The summed E-state index contributed by atoms with van der Waals surface area (Å²) in [5.74, 6) is -1.33. The Balaban J connectivity index is 2.54. The van der Waals surface area contributed by atoms with Crippen LogP contribution in [-0.4, -0.2) is 11.1 Å². The Morgan fingerprint density at radius 2 is 2.27 bits per heavy atom. The van der Waals surface area contributed by atoms with Crippen LogP contribution in [0.3, 0.4) is 0 Å². The van der Waals surface area contributed by atoms with Crippen LogP contribution in [-0.2, 0) is 4.79 Å². The average molecular weight is 269 g/mol. The van der Waals surface area contributed by atoms with E-state index in [-0.39, 0.29) is 0 Å². The molecular weight excluding hydrogens is 260 g/mol. The Kier molecular flexibility index (Phi) is 2.52. The smallest absolute Gasteiger partial charge is 0.310 e. The minimum atomic E-state index is -0.825. The predicted molar refractivity (Wildman–Crippen MR) is 60.0 cm³/mol. The molecule has 78 valence electrons. The zero-order valence-corrected chi connectivity index (χ0v) is 9.61. The highest BCUT2D eigenvalue weighted by Gasteiger charge is 2.15. The first-order chi connectivity index (χ1) is 7.09. The zero-order chi connectivity index (χ0) is 11.0. The third-order valence-corrected chi connectivity index (χ3v) is 3.03. The second-order valence-electron chi connectivity index (χ2n) is 3.40. The molecule has 3 nitrogen and oxygen atoms in total. The van der Waals surface area contributed by atoms with Gasteiger partial charge in [0.25, 0.3) is 0 Å². The summed E-state index contributed by atoms with van der Waals surface area (Å²) in [7, 11) is 0. The fraction of sp³-hybridized carbons (Fsp3) is 0.182. The van der Waals surface area contributed by atoms with Crippen molar-refractivity contribution < 1.29 is 14.3 Å². The number of rotatable bonds is 2. The quantitative estimate of drug-likeness (QED) is 0.909. The number of hydrogen-bond donors (Lipinski definition) is 1. The molecule has 0 saturated carbocycles. The monoisotopic (exact) mass is 268 g/mol. The molecule has 15 heavy (non-hydrogen) atoms.